The lowest BCUT2D eigenvalue weighted by molar-refractivity contribution is -0.163. The van der Waals surface area contributed by atoms with Crippen molar-refractivity contribution < 1.29 is 33.3 Å². The molecule has 0 amide bonds. The number of hydrogen-bond acceptors (Lipinski definition) is 7. The molecule has 0 spiro atoms. The van der Waals surface area contributed by atoms with Gasteiger partial charge in [0.2, 0.25) is 0 Å². The van der Waals surface area contributed by atoms with Gasteiger partial charge in [-0.15, -0.1) is 0 Å². The minimum Gasteiger partial charge on any atom is -0.492 e. The van der Waals surface area contributed by atoms with Crippen molar-refractivity contribution in [3.05, 3.63) is 77.4 Å². The number of cyclic esters (lactones) is 1. The first-order valence-electron chi connectivity index (χ1n) is 18.7. The highest BCUT2D eigenvalue weighted by Gasteiger charge is 2.39. The topological polar surface area (TPSA) is 88.1 Å². The van der Waals surface area contributed by atoms with Crippen LogP contribution in [0.3, 0.4) is 0 Å². The number of esters is 3. The van der Waals surface area contributed by atoms with Crippen LogP contribution in [-0.4, -0.2) is 44.3 Å². The molecule has 0 aromatic heterocycles. The monoisotopic (exact) mass is 686 g/mol. The van der Waals surface area contributed by atoms with Gasteiger partial charge in [-0.2, -0.15) is 0 Å². The number of rotatable bonds is 18. The largest absolute Gasteiger partial charge is 0.492 e. The predicted molar refractivity (Wildman–Crippen MR) is 198 cm³/mol. The Bertz CT molecular complexity index is 1470. The minimum absolute atomic E-state index is 0.0589. The van der Waals surface area contributed by atoms with Crippen molar-refractivity contribution >= 4 is 17.9 Å². The lowest BCUT2D eigenvalue weighted by atomic mass is 9.78. The first-order chi connectivity index (χ1) is 24.0. The predicted octanol–water partition coefficient (Wildman–Crippen LogP) is 9.33. The number of carbonyl (C=O) groups is 3. The average Bonchev–Trinajstić information content (AvgIpc) is 3.12. The summed E-state index contributed by atoms with van der Waals surface area (Å²) in [5.74, 6) is 1.36. The molecule has 50 heavy (non-hydrogen) atoms. The second-order valence-corrected chi connectivity index (χ2v) is 14.7. The molecule has 2 aliphatic rings. The molecule has 1 saturated carbocycles. The summed E-state index contributed by atoms with van der Waals surface area (Å²) in [5.41, 5.74) is 5.86. The maximum atomic E-state index is 12.3. The normalized spacial score (nSPS) is 20.4. The molecular weight excluding hydrogens is 628 g/mol. The van der Waals surface area contributed by atoms with Gasteiger partial charge in [-0.25, -0.2) is 9.59 Å². The van der Waals surface area contributed by atoms with E-state index in [0.717, 1.165) is 52.7 Å². The van der Waals surface area contributed by atoms with Crippen molar-refractivity contribution in [1.82, 2.24) is 0 Å². The van der Waals surface area contributed by atoms with E-state index < -0.39 is 17.4 Å². The third kappa shape index (κ3) is 11.3. The summed E-state index contributed by atoms with van der Waals surface area (Å²) in [4.78, 5) is 36.2. The molecule has 2 fully saturated rings. The first kappa shape index (κ1) is 38.9. The molecule has 7 nitrogen and oxygen atoms in total. The average molecular weight is 687 g/mol. The number of benzene rings is 2. The lowest BCUT2D eigenvalue weighted by Crippen LogP contribution is -2.43. The molecule has 1 aliphatic carbocycles. The van der Waals surface area contributed by atoms with Crippen LogP contribution in [0.4, 0.5) is 0 Å². The van der Waals surface area contributed by atoms with E-state index in [-0.39, 0.29) is 38.8 Å². The molecule has 2 aromatic rings. The van der Waals surface area contributed by atoms with Gasteiger partial charge in [0.05, 0.1) is 12.0 Å². The fraction of sp³-hybridized carbons (Fsp3) is 0.558. The summed E-state index contributed by atoms with van der Waals surface area (Å²) in [7, 11) is 0. The van der Waals surface area contributed by atoms with Crippen molar-refractivity contribution in [3.63, 3.8) is 0 Å². The van der Waals surface area contributed by atoms with Crippen molar-refractivity contribution in [2.75, 3.05) is 26.4 Å². The van der Waals surface area contributed by atoms with Crippen LogP contribution in [-0.2, 0) is 47.9 Å². The Morgan fingerprint density at radius 3 is 2.12 bits per heavy atom. The Labute approximate surface area is 299 Å². The van der Waals surface area contributed by atoms with Crippen LogP contribution in [0.2, 0.25) is 0 Å². The third-order valence-electron chi connectivity index (χ3n) is 10.4. The Kier molecular flexibility index (Phi) is 14.7. The van der Waals surface area contributed by atoms with Crippen LogP contribution < -0.4 is 4.74 Å². The maximum Gasteiger partial charge on any atom is 0.333 e. The fourth-order valence-corrected chi connectivity index (χ4v) is 7.13. The zero-order valence-corrected chi connectivity index (χ0v) is 30.9. The Balaban J connectivity index is 1.52. The number of carbonyl (C=O) groups excluding carboxylic acids is 3. The highest BCUT2D eigenvalue weighted by molar-refractivity contribution is 5.87. The van der Waals surface area contributed by atoms with Crippen LogP contribution in [0.1, 0.15) is 109 Å². The molecule has 0 bridgehead atoms. The first-order valence-corrected chi connectivity index (χ1v) is 18.7. The Morgan fingerprint density at radius 2 is 1.52 bits per heavy atom. The van der Waals surface area contributed by atoms with Gasteiger partial charge < -0.3 is 18.9 Å². The van der Waals surface area contributed by atoms with Crippen LogP contribution in [0, 0.1) is 17.3 Å². The van der Waals surface area contributed by atoms with Crippen molar-refractivity contribution in [2.24, 2.45) is 17.3 Å². The lowest BCUT2D eigenvalue weighted by Gasteiger charge is -2.35. The summed E-state index contributed by atoms with van der Waals surface area (Å²) in [5, 5.41) is 0. The summed E-state index contributed by atoms with van der Waals surface area (Å²) >= 11 is 0. The molecule has 1 atom stereocenters. The van der Waals surface area contributed by atoms with Crippen LogP contribution in [0.25, 0.3) is 11.1 Å². The smallest absolute Gasteiger partial charge is 0.333 e. The quantitative estimate of drug-likeness (QED) is 0.0668. The molecule has 0 radical (unpaired) electrons. The molecule has 7 heteroatoms. The summed E-state index contributed by atoms with van der Waals surface area (Å²) < 4.78 is 22.9. The van der Waals surface area contributed by atoms with Gasteiger partial charge in [0.15, 0.2) is 0 Å². The van der Waals surface area contributed by atoms with Gasteiger partial charge in [0.25, 0.3) is 0 Å². The van der Waals surface area contributed by atoms with Crippen LogP contribution in [0.5, 0.6) is 5.75 Å². The van der Waals surface area contributed by atoms with Crippen molar-refractivity contribution in [1.29, 1.82) is 0 Å². The third-order valence-corrected chi connectivity index (χ3v) is 10.4. The van der Waals surface area contributed by atoms with Crippen LogP contribution in [0.15, 0.2) is 60.7 Å². The molecule has 0 N–H and O–H groups in total. The molecule has 1 unspecified atom stereocenters. The molecule has 2 aromatic carbocycles. The SMILES string of the molecule is C=C(C)C(=O)OCCCc1cc(-c2ccc(CCC3CCC(CCC)CC3)cc2)c(CC)cc1OCC1(COC(=O)C(=C)C)CCC(=O)OC1. The Hall–Kier alpha value is -3.87. The van der Waals surface area contributed by atoms with E-state index in [0.29, 0.717) is 30.4 Å². The van der Waals surface area contributed by atoms with Gasteiger partial charge in [-0.05, 0) is 104 Å². The van der Waals surface area contributed by atoms with E-state index in [4.69, 9.17) is 18.9 Å². The molecule has 1 heterocycles. The summed E-state index contributed by atoms with van der Waals surface area (Å²) in [6, 6.07) is 13.3. The molecular formula is C43H58O7. The second-order valence-electron chi connectivity index (χ2n) is 14.7. The Morgan fingerprint density at radius 1 is 0.860 bits per heavy atom. The fourth-order valence-electron chi connectivity index (χ4n) is 7.13. The van der Waals surface area contributed by atoms with E-state index in [1.807, 2.05) is 0 Å². The van der Waals surface area contributed by atoms with E-state index in [1.54, 1.807) is 13.8 Å². The molecule has 272 valence electrons. The highest BCUT2D eigenvalue weighted by atomic mass is 16.6. The van der Waals surface area contributed by atoms with Gasteiger partial charge in [-0.3, -0.25) is 4.79 Å². The number of aryl methyl sites for hydroxylation is 3. The number of ether oxygens (including phenoxy) is 4. The van der Waals surface area contributed by atoms with Gasteiger partial charge in [0, 0.05) is 17.6 Å². The van der Waals surface area contributed by atoms with Crippen molar-refractivity contribution in [2.45, 2.75) is 111 Å². The van der Waals surface area contributed by atoms with Gasteiger partial charge >= 0.3 is 17.9 Å². The molecule has 1 saturated heterocycles. The molecule has 4 rings (SSSR count). The summed E-state index contributed by atoms with van der Waals surface area (Å²) in [6.45, 7) is 15.7. The zero-order chi connectivity index (χ0) is 36.1. The highest BCUT2D eigenvalue weighted by Crippen LogP contribution is 2.37. The maximum absolute atomic E-state index is 12.3. The van der Waals surface area contributed by atoms with E-state index in [2.05, 4.69) is 63.4 Å². The van der Waals surface area contributed by atoms with Crippen molar-refractivity contribution in [3.8, 4) is 16.9 Å². The zero-order valence-electron chi connectivity index (χ0n) is 30.9. The van der Waals surface area contributed by atoms with E-state index in [9.17, 15) is 14.4 Å². The minimum atomic E-state index is -0.678. The van der Waals surface area contributed by atoms with Gasteiger partial charge in [-0.1, -0.05) is 89.8 Å². The van der Waals surface area contributed by atoms with E-state index in [1.165, 1.54) is 50.5 Å². The van der Waals surface area contributed by atoms with Gasteiger partial charge in [0.1, 0.15) is 25.6 Å². The van der Waals surface area contributed by atoms with Crippen LogP contribution >= 0.6 is 0 Å². The van der Waals surface area contributed by atoms with E-state index >= 15 is 0 Å². The molecule has 1 aliphatic heterocycles. The second kappa shape index (κ2) is 18.9. The summed E-state index contributed by atoms with van der Waals surface area (Å²) in [6.07, 6.45) is 13.4. The standard InChI is InChI=1S/C43H58O7/c1-7-10-32-12-14-33(15-13-32)16-17-34-18-20-36(21-19-34)38-25-37(11-9-24-47-41(45)30(3)4)39(26-35(38)8-2)48-27-43(23-22-40(44)49-28-43)29-50-42(46)31(5)6/h18-21,25-26,32-33H,3,5,7-17,22-24,27-29H2,1-2,4,6H3. The number of hydrogen-bond donors (Lipinski definition) is 0.